The lowest BCUT2D eigenvalue weighted by atomic mass is 9.70. The van der Waals surface area contributed by atoms with Crippen LogP contribution in [0.1, 0.15) is 68.4 Å². The number of aromatic carboxylic acids is 1. The summed E-state index contributed by atoms with van der Waals surface area (Å²) in [7, 11) is 0. The molecule has 2 N–H and O–H groups in total. The largest absolute Gasteiger partial charge is 0.476 e. The van der Waals surface area contributed by atoms with Crippen molar-refractivity contribution in [2.45, 2.75) is 70.0 Å². The number of hydrogen-bond acceptors (Lipinski definition) is 4. The highest BCUT2D eigenvalue weighted by molar-refractivity contribution is 5.88. The summed E-state index contributed by atoms with van der Waals surface area (Å²) in [6.45, 7) is 5.99. The topological polar surface area (TPSA) is 84.2 Å². The average Bonchev–Trinajstić information content (AvgIpc) is 2.72. The van der Waals surface area contributed by atoms with Crippen LogP contribution in [0.5, 0.6) is 0 Å². The molecule has 0 aliphatic heterocycles. The van der Waals surface area contributed by atoms with Crippen LogP contribution >= 0.6 is 0 Å². The van der Waals surface area contributed by atoms with Crippen LogP contribution in [0.4, 0.5) is 0 Å². The number of aromatic nitrogens is 2. The molecule has 1 aromatic heterocycles. The van der Waals surface area contributed by atoms with Crippen LogP contribution in [0.2, 0.25) is 0 Å². The van der Waals surface area contributed by atoms with Crippen molar-refractivity contribution in [3.8, 4) is 0 Å². The molecule has 4 rings (SSSR count). The third-order valence-electron chi connectivity index (χ3n) is 6.89. The summed E-state index contributed by atoms with van der Waals surface area (Å²) >= 11 is 0. The number of fused-ring (bicyclic) bond motifs is 3. The summed E-state index contributed by atoms with van der Waals surface area (Å²) in [5.41, 5.74) is 0.201. The Bertz CT molecular complexity index is 987. The average molecular weight is 410 g/mol. The lowest BCUT2D eigenvalue weighted by molar-refractivity contribution is 0.0688. The smallest absolute Gasteiger partial charge is 0.360 e. The lowest BCUT2D eigenvalue weighted by Gasteiger charge is -2.40. The second kappa shape index (κ2) is 8.72. The van der Waals surface area contributed by atoms with Gasteiger partial charge in [0.2, 0.25) is 5.69 Å². The van der Waals surface area contributed by atoms with Crippen LogP contribution < -0.4 is 10.9 Å². The van der Waals surface area contributed by atoms with E-state index >= 15 is 0 Å². The fraction of sp³-hybridized carbons (Fsp3) is 0.542. The molecule has 0 amide bonds. The maximum atomic E-state index is 12.9. The van der Waals surface area contributed by atoms with Gasteiger partial charge in [-0.2, -0.15) is 0 Å². The Balaban J connectivity index is 1.56. The van der Waals surface area contributed by atoms with E-state index in [1.807, 2.05) is 25.1 Å². The zero-order valence-corrected chi connectivity index (χ0v) is 17.6. The Labute approximate surface area is 177 Å². The molecule has 6 nitrogen and oxygen atoms in total. The maximum absolute atomic E-state index is 12.9. The van der Waals surface area contributed by atoms with Gasteiger partial charge in [-0.3, -0.25) is 4.79 Å². The zero-order valence-electron chi connectivity index (χ0n) is 17.6. The van der Waals surface area contributed by atoms with Crippen molar-refractivity contribution < 1.29 is 9.90 Å². The molecule has 6 heteroatoms. The van der Waals surface area contributed by atoms with Gasteiger partial charge in [-0.05, 0) is 56.6 Å². The van der Waals surface area contributed by atoms with Gasteiger partial charge in [0.25, 0.3) is 5.56 Å². The standard InChI is InChI=1S/C24H31N3O3/c1-3-18(25-19-13-16-7-6-8-17(12-16)14-19)11-15(2)27-21-10-5-4-9-20(21)26-22(23(27)28)24(29)30/h3-5,9-10,15-19,25H,1,6-8,11-14H2,2H3,(H,29,30)/t15-,16?,17?,18-,19?/m0/s1. The minimum absolute atomic E-state index is 0.0657. The Hall–Kier alpha value is -2.47. The molecule has 4 atom stereocenters. The van der Waals surface area contributed by atoms with E-state index in [-0.39, 0.29) is 12.1 Å². The minimum atomic E-state index is -1.29. The summed E-state index contributed by atoms with van der Waals surface area (Å²) in [4.78, 5) is 28.6. The third kappa shape index (κ3) is 4.19. The highest BCUT2D eigenvalue weighted by Crippen LogP contribution is 2.40. The molecule has 2 bridgehead atoms. The van der Waals surface area contributed by atoms with E-state index in [0.29, 0.717) is 23.5 Å². The van der Waals surface area contributed by atoms with E-state index in [2.05, 4.69) is 16.9 Å². The molecule has 2 aliphatic carbocycles. The second-order valence-corrected chi connectivity index (χ2v) is 9.09. The molecule has 2 unspecified atom stereocenters. The molecule has 0 radical (unpaired) electrons. The van der Waals surface area contributed by atoms with Crippen LogP contribution in [-0.4, -0.2) is 32.7 Å². The van der Waals surface area contributed by atoms with Gasteiger partial charge in [-0.25, -0.2) is 9.78 Å². The summed E-state index contributed by atoms with van der Waals surface area (Å²) < 4.78 is 1.58. The van der Waals surface area contributed by atoms with E-state index in [1.165, 1.54) is 38.5 Å². The number of carboxylic acid groups (broad SMARTS) is 1. The van der Waals surface area contributed by atoms with Gasteiger partial charge < -0.3 is 15.0 Å². The van der Waals surface area contributed by atoms with Crippen molar-refractivity contribution in [1.82, 2.24) is 14.9 Å². The van der Waals surface area contributed by atoms with Gasteiger partial charge in [-0.1, -0.05) is 37.5 Å². The van der Waals surface area contributed by atoms with Crippen molar-refractivity contribution in [3.63, 3.8) is 0 Å². The Morgan fingerprint density at radius 3 is 2.67 bits per heavy atom. The molecule has 2 fully saturated rings. The van der Waals surface area contributed by atoms with Gasteiger partial charge in [-0.15, -0.1) is 6.58 Å². The first-order valence-corrected chi connectivity index (χ1v) is 11.1. The fourth-order valence-corrected chi connectivity index (χ4v) is 5.61. The van der Waals surface area contributed by atoms with Crippen molar-refractivity contribution >= 4 is 17.0 Å². The number of para-hydroxylation sites is 2. The van der Waals surface area contributed by atoms with E-state index in [1.54, 1.807) is 16.7 Å². The molecule has 1 heterocycles. The number of nitrogens with zero attached hydrogens (tertiary/aromatic N) is 2. The first-order valence-electron chi connectivity index (χ1n) is 11.1. The number of rotatable bonds is 7. The zero-order chi connectivity index (χ0) is 21.3. The van der Waals surface area contributed by atoms with Crippen LogP contribution in [-0.2, 0) is 0 Å². The number of nitrogens with one attached hydrogen (secondary N) is 1. The predicted octanol–water partition coefficient (Wildman–Crippen LogP) is 4.16. The van der Waals surface area contributed by atoms with Gasteiger partial charge >= 0.3 is 5.97 Å². The highest BCUT2D eigenvalue weighted by atomic mass is 16.4. The van der Waals surface area contributed by atoms with Crippen LogP contribution in [0.25, 0.3) is 11.0 Å². The van der Waals surface area contributed by atoms with Gasteiger partial charge in [0.1, 0.15) is 0 Å². The lowest BCUT2D eigenvalue weighted by Crippen LogP contribution is -2.44. The molecule has 0 saturated heterocycles. The van der Waals surface area contributed by atoms with Crippen molar-refractivity contribution in [2.24, 2.45) is 11.8 Å². The Morgan fingerprint density at radius 1 is 1.30 bits per heavy atom. The molecule has 0 spiro atoms. The van der Waals surface area contributed by atoms with Gasteiger partial charge in [0.05, 0.1) is 11.0 Å². The van der Waals surface area contributed by atoms with E-state index in [0.717, 1.165) is 11.8 Å². The van der Waals surface area contributed by atoms with E-state index in [4.69, 9.17) is 0 Å². The summed E-state index contributed by atoms with van der Waals surface area (Å²) in [5, 5.41) is 13.2. The highest BCUT2D eigenvalue weighted by Gasteiger charge is 2.32. The predicted molar refractivity (Wildman–Crippen MR) is 118 cm³/mol. The third-order valence-corrected chi connectivity index (χ3v) is 6.89. The quantitative estimate of drug-likeness (QED) is 0.671. The molecule has 2 aromatic rings. The SMILES string of the molecule is C=C[C@@H](C[C@H](C)n1c(=O)c(C(=O)O)nc2ccccc21)NC1CC2CCCC(C2)C1. The van der Waals surface area contributed by atoms with Crippen LogP contribution in [0.3, 0.4) is 0 Å². The Kier molecular flexibility index (Phi) is 6.04. The normalized spacial score (nSPS) is 25.6. The number of carboxylic acids is 1. The van der Waals surface area contributed by atoms with Crippen LogP contribution in [0, 0.1) is 11.8 Å². The molecule has 2 aliphatic rings. The molecule has 2 saturated carbocycles. The monoisotopic (exact) mass is 409 g/mol. The first kappa shape index (κ1) is 20.8. The van der Waals surface area contributed by atoms with Gasteiger partial charge in [0, 0.05) is 18.1 Å². The van der Waals surface area contributed by atoms with Crippen molar-refractivity contribution in [2.75, 3.05) is 0 Å². The first-order chi connectivity index (χ1) is 14.5. The number of carbonyl (C=O) groups is 1. The fourth-order valence-electron chi connectivity index (χ4n) is 5.61. The number of hydrogen-bond donors (Lipinski definition) is 2. The van der Waals surface area contributed by atoms with Gasteiger partial charge in [0.15, 0.2) is 0 Å². The second-order valence-electron chi connectivity index (χ2n) is 9.09. The molecular weight excluding hydrogens is 378 g/mol. The summed E-state index contributed by atoms with van der Waals surface area (Å²) in [5.74, 6) is 0.379. The number of benzene rings is 1. The Morgan fingerprint density at radius 2 is 2.00 bits per heavy atom. The van der Waals surface area contributed by atoms with Crippen molar-refractivity contribution in [3.05, 3.63) is 53.0 Å². The van der Waals surface area contributed by atoms with E-state index < -0.39 is 17.2 Å². The molecule has 1 aromatic carbocycles. The molecule has 30 heavy (non-hydrogen) atoms. The molecular formula is C24H31N3O3. The minimum Gasteiger partial charge on any atom is -0.476 e. The maximum Gasteiger partial charge on any atom is 0.360 e. The van der Waals surface area contributed by atoms with Crippen molar-refractivity contribution in [1.29, 1.82) is 0 Å². The summed E-state index contributed by atoms with van der Waals surface area (Å²) in [6.07, 6.45) is 10.5. The van der Waals surface area contributed by atoms with Crippen LogP contribution in [0.15, 0.2) is 41.7 Å². The van der Waals surface area contributed by atoms with E-state index in [9.17, 15) is 14.7 Å². The summed E-state index contributed by atoms with van der Waals surface area (Å²) in [6, 6.07) is 7.58. The molecule has 160 valence electrons.